The highest BCUT2D eigenvalue weighted by Gasteiger charge is 2.63. The van der Waals surface area contributed by atoms with Gasteiger partial charge in [0.15, 0.2) is 0 Å². The summed E-state index contributed by atoms with van der Waals surface area (Å²) < 4.78 is 12.0. The standard InChI is InChI=1S/C32H30O4/c1-3-31(25-17-9-5-10-18-25,29(33)35-27-21-13-7-14-22-27)32(4-2,26-19-11-6-12-20-26)30(34)36-28-23-15-8-16-24-28/h5-24H,3-4H2,1-2H3/t31-,32-/m0/s1. The molecule has 4 aromatic rings. The van der Waals surface area contributed by atoms with E-state index < -0.39 is 22.8 Å². The molecule has 4 nitrogen and oxygen atoms in total. The summed E-state index contributed by atoms with van der Waals surface area (Å²) >= 11 is 0. The van der Waals surface area contributed by atoms with Crippen LogP contribution < -0.4 is 9.47 Å². The van der Waals surface area contributed by atoms with Crippen LogP contribution in [0.25, 0.3) is 0 Å². The van der Waals surface area contributed by atoms with E-state index in [-0.39, 0.29) is 0 Å². The molecular formula is C32H30O4. The average molecular weight is 479 g/mol. The Balaban J connectivity index is 1.98. The molecule has 182 valence electrons. The van der Waals surface area contributed by atoms with Gasteiger partial charge < -0.3 is 9.47 Å². The van der Waals surface area contributed by atoms with E-state index in [0.29, 0.717) is 35.5 Å². The molecule has 0 spiro atoms. The van der Waals surface area contributed by atoms with Crippen molar-refractivity contribution in [1.29, 1.82) is 0 Å². The summed E-state index contributed by atoms with van der Waals surface area (Å²) in [5.41, 5.74) is -1.34. The summed E-state index contributed by atoms with van der Waals surface area (Å²) in [6.07, 6.45) is 0.630. The van der Waals surface area contributed by atoms with Gasteiger partial charge in [-0.25, -0.2) is 0 Å². The average Bonchev–Trinajstić information content (AvgIpc) is 2.93. The fourth-order valence-electron chi connectivity index (χ4n) is 5.19. The van der Waals surface area contributed by atoms with Gasteiger partial charge in [-0.05, 0) is 48.2 Å². The van der Waals surface area contributed by atoms with E-state index in [1.165, 1.54) is 0 Å². The second-order valence-corrected chi connectivity index (χ2v) is 8.65. The maximum absolute atomic E-state index is 14.4. The molecule has 0 saturated carbocycles. The fraction of sp³-hybridized carbons (Fsp3) is 0.188. The molecule has 0 heterocycles. The lowest BCUT2D eigenvalue weighted by atomic mass is 9.54. The van der Waals surface area contributed by atoms with Gasteiger partial charge in [0.1, 0.15) is 22.3 Å². The van der Waals surface area contributed by atoms with Crippen LogP contribution in [0.5, 0.6) is 11.5 Å². The highest BCUT2D eigenvalue weighted by atomic mass is 16.5. The molecule has 4 rings (SSSR count). The van der Waals surface area contributed by atoms with Crippen LogP contribution in [0.15, 0.2) is 121 Å². The molecule has 0 aromatic heterocycles. The van der Waals surface area contributed by atoms with E-state index in [9.17, 15) is 9.59 Å². The van der Waals surface area contributed by atoms with E-state index in [2.05, 4.69) is 0 Å². The van der Waals surface area contributed by atoms with Crippen molar-refractivity contribution in [2.75, 3.05) is 0 Å². The van der Waals surface area contributed by atoms with Crippen LogP contribution in [0.4, 0.5) is 0 Å². The minimum Gasteiger partial charge on any atom is -0.426 e. The van der Waals surface area contributed by atoms with Crippen LogP contribution in [0.1, 0.15) is 37.8 Å². The molecule has 0 aliphatic carbocycles. The number of hydrogen-bond acceptors (Lipinski definition) is 4. The lowest BCUT2D eigenvalue weighted by Gasteiger charge is -2.46. The maximum atomic E-state index is 14.4. The number of esters is 2. The molecular weight excluding hydrogens is 448 g/mol. The minimum absolute atomic E-state index is 0.315. The lowest BCUT2D eigenvalue weighted by Crippen LogP contribution is -2.60. The van der Waals surface area contributed by atoms with E-state index in [0.717, 1.165) is 0 Å². The number of ether oxygens (including phenoxy) is 2. The summed E-state index contributed by atoms with van der Waals surface area (Å²) in [4.78, 5) is 28.7. The summed E-state index contributed by atoms with van der Waals surface area (Å²) in [5.74, 6) is -0.160. The van der Waals surface area contributed by atoms with Gasteiger partial charge in [0.25, 0.3) is 0 Å². The molecule has 0 saturated heterocycles. The van der Waals surface area contributed by atoms with Crippen LogP contribution in [-0.2, 0) is 20.4 Å². The van der Waals surface area contributed by atoms with E-state index in [1.54, 1.807) is 24.3 Å². The zero-order chi connectivity index (χ0) is 25.4. The van der Waals surface area contributed by atoms with Crippen LogP contribution in [0, 0.1) is 0 Å². The third-order valence-corrected chi connectivity index (χ3v) is 6.93. The Labute approximate surface area is 212 Å². The third-order valence-electron chi connectivity index (χ3n) is 6.93. The Bertz CT molecular complexity index is 1170. The van der Waals surface area contributed by atoms with E-state index in [4.69, 9.17) is 9.47 Å². The molecule has 36 heavy (non-hydrogen) atoms. The molecule has 0 aliphatic heterocycles. The first-order valence-corrected chi connectivity index (χ1v) is 12.2. The lowest BCUT2D eigenvalue weighted by molar-refractivity contribution is -0.156. The van der Waals surface area contributed by atoms with Crippen molar-refractivity contribution in [3.63, 3.8) is 0 Å². The summed E-state index contributed by atoms with van der Waals surface area (Å²) in [6.45, 7) is 3.84. The molecule has 0 fully saturated rings. The van der Waals surface area contributed by atoms with Gasteiger partial charge in [-0.2, -0.15) is 0 Å². The third kappa shape index (κ3) is 4.42. The van der Waals surface area contributed by atoms with Crippen molar-refractivity contribution in [3.8, 4) is 11.5 Å². The Morgan fingerprint density at radius 3 is 1.06 bits per heavy atom. The molecule has 0 N–H and O–H groups in total. The van der Waals surface area contributed by atoms with Gasteiger partial charge in [0, 0.05) is 0 Å². The van der Waals surface area contributed by atoms with Gasteiger partial charge in [-0.3, -0.25) is 9.59 Å². The van der Waals surface area contributed by atoms with Crippen molar-refractivity contribution in [1.82, 2.24) is 0 Å². The van der Waals surface area contributed by atoms with Gasteiger partial charge in [0.2, 0.25) is 0 Å². The maximum Gasteiger partial charge on any atom is 0.323 e. The number of carbonyl (C=O) groups is 2. The number of carbonyl (C=O) groups excluding carboxylic acids is 2. The second-order valence-electron chi connectivity index (χ2n) is 8.65. The summed E-state index contributed by atoms with van der Waals surface area (Å²) in [7, 11) is 0. The number of para-hydroxylation sites is 2. The predicted molar refractivity (Wildman–Crippen MR) is 141 cm³/mol. The topological polar surface area (TPSA) is 52.6 Å². The normalized spacial score (nSPS) is 14.2. The van der Waals surface area contributed by atoms with Gasteiger partial charge in [0.05, 0.1) is 0 Å². The van der Waals surface area contributed by atoms with Crippen molar-refractivity contribution >= 4 is 11.9 Å². The van der Waals surface area contributed by atoms with Gasteiger partial charge in [-0.1, -0.05) is 111 Å². The zero-order valence-corrected chi connectivity index (χ0v) is 20.6. The molecule has 4 aromatic carbocycles. The fourth-order valence-corrected chi connectivity index (χ4v) is 5.19. The molecule has 2 atom stereocenters. The van der Waals surface area contributed by atoms with Crippen LogP contribution in [-0.4, -0.2) is 11.9 Å². The minimum atomic E-state index is -1.37. The molecule has 0 unspecified atom stereocenters. The molecule has 0 aliphatic rings. The second kappa shape index (κ2) is 11.0. The smallest absolute Gasteiger partial charge is 0.323 e. The van der Waals surface area contributed by atoms with E-state index in [1.807, 2.05) is 111 Å². The Kier molecular flexibility index (Phi) is 7.65. The predicted octanol–water partition coefficient (Wildman–Crippen LogP) is 6.89. The van der Waals surface area contributed by atoms with Gasteiger partial charge >= 0.3 is 11.9 Å². The quantitative estimate of drug-likeness (QED) is 0.194. The number of rotatable bonds is 9. The number of hydrogen-bond donors (Lipinski definition) is 0. The summed E-state index contributed by atoms with van der Waals surface area (Å²) in [6, 6.07) is 36.8. The van der Waals surface area contributed by atoms with Gasteiger partial charge in [-0.15, -0.1) is 0 Å². The monoisotopic (exact) mass is 478 g/mol. The first-order chi connectivity index (χ1) is 17.6. The first kappa shape index (κ1) is 24.9. The van der Waals surface area contributed by atoms with Crippen molar-refractivity contribution in [3.05, 3.63) is 132 Å². The Hall–Kier alpha value is -4.18. The molecule has 0 bridgehead atoms. The SMILES string of the molecule is CC[C@@](C(=O)Oc1ccccc1)(c1ccccc1)[C@](CC)(C(=O)Oc1ccccc1)c1ccccc1. The van der Waals surface area contributed by atoms with Crippen molar-refractivity contribution in [2.45, 2.75) is 37.5 Å². The summed E-state index contributed by atoms with van der Waals surface area (Å²) in [5, 5.41) is 0. The molecule has 0 radical (unpaired) electrons. The van der Waals surface area contributed by atoms with Crippen LogP contribution in [0.2, 0.25) is 0 Å². The highest BCUT2D eigenvalue weighted by molar-refractivity contribution is 5.98. The first-order valence-electron chi connectivity index (χ1n) is 12.2. The molecule has 0 amide bonds. The Morgan fingerprint density at radius 1 is 0.500 bits per heavy atom. The van der Waals surface area contributed by atoms with E-state index >= 15 is 0 Å². The van der Waals surface area contributed by atoms with Crippen LogP contribution in [0.3, 0.4) is 0 Å². The number of benzene rings is 4. The largest absolute Gasteiger partial charge is 0.426 e. The van der Waals surface area contributed by atoms with Crippen molar-refractivity contribution in [2.24, 2.45) is 0 Å². The van der Waals surface area contributed by atoms with Crippen molar-refractivity contribution < 1.29 is 19.1 Å². The Morgan fingerprint density at radius 2 is 0.778 bits per heavy atom. The molecule has 4 heteroatoms. The zero-order valence-electron chi connectivity index (χ0n) is 20.6. The highest BCUT2D eigenvalue weighted by Crippen LogP contribution is 2.51. The van der Waals surface area contributed by atoms with Crippen LogP contribution >= 0.6 is 0 Å².